The second kappa shape index (κ2) is 10.6. The fraction of sp³-hybridized carbons (Fsp3) is 0.267. The summed E-state index contributed by atoms with van der Waals surface area (Å²) in [5.74, 6) is 1.61. The summed E-state index contributed by atoms with van der Waals surface area (Å²) in [6, 6.07) is 29.7. The topological polar surface area (TPSA) is 66.1 Å². The quantitative estimate of drug-likeness (QED) is 0.311. The minimum atomic E-state index is -0.132. The number of piperazine rings is 1. The van der Waals surface area contributed by atoms with Crippen molar-refractivity contribution in [3.63, 3.8) is 0 Å². The van der Waals surface area contributed by atoms with Crippen molar-refractivity contribution in [2.45, 2.75) is 19.0 Å². The Labute approximate surface area is 226 Å². The van der Waals surface area contributed by atoms with Crippen LogP contribution in [-0.4, -0.2) is 62.8 Å². The first kappa shape index (κ1) is 24.6. The zero-order valence-corrected chi connectivity index (χ0v) is 22.4. The molecule has 3 aromatic carbocycles. The molecule has 1 fully saturated rings. The van der Waals surface area contributed by atoms with E-state index in [1.807, 2.05) is 19.1 Å². The molecule has 1 N–H and O–H groups in total. The van der Waals surface area contributed by atoms with E-state index < -0.39 is 0 Å². The van der Waals surface area contributed by atoms with Crippen LogP contribution >= 0.6 is 11.3 Å². The minimum absolute atomic E-state index is 0.132. The number of hydrogen-bond donors (Lipinski definition) is 1. The van der Waals surface area contributed by atoms with Gasteiger partial charge in [-0.2, -0.15) is 4.52 Å². The first-order chi connectivity index (χ1) is 18.6. The van der Waals surface area contributed by atoms with Crippen molar-refractivity contribution in [2.75, 3.05) is 33.3 Å². The molecule has 0 aliphatic carbocycles. The zero-order valence-electron chi connectivity index (χ0n) is 21.6. The van der Waals surface area contributed by atoms with Crippen LogP contribution in [0.2, 0.25) is 0 Å². The van der Waals surface area contributed by atoms with Crippen LogP contribution in [0.15, 0.2) is 84.9 Å². The molecule has 0 radical (unpaired) electrons. The number of thiazole rings is 1. The first-order valence-electron chi connectivity index (χ1n) is 12.9. The molecule has 7 nitrogen and oxygen atoms in total. The molecule has 0 unspecified atom stereocenters. The second-order valence-electron chi connectivity index (χ2n) is 9.62. The number of methoxy groups -OCH3 is 1. The molecule has 38 heavy (non-hydrogen) atoms. The summed E-state index contributed by atoms with van der Waals surface area (Å²) in [4.78, 5) is 11.1. The highest BCUT2D eigenvalue weighted by atomic mass is 32.1. The number of fused-ring (bicyclic) bond motifs is 1. The Morgan fingerprint density at radius 2 is 1.37 bits per heavy atom. The van der Waals surface area contributed by atoms with Crippen LogP contribution in [0.1, 0.15) is 39.5 Å². The van der Waals surface area contributed by atoms with Gasteiger partial charge in [-0.25, -0.2) is 4.98 Å². The number of hydrogen-bond acceptors (Lipinski definition) is 7. The highest BCUT2D eigenvalue weighted by Gasteiger charge is 2.34. The summed E-state index contributed by atoms with van der Waals surface area (Å²) >= 11 is 1.50. The van der Waals surface area contributed by atoms with Crippen molar-refractivity contribution < 1.29 is 9.84 Å². The minimum Gasteiger partial charge on any atom is -0.497 e. The fourth-order valence-corrected chi connectivity index (χ4v) is 6.67. The van der Waals surface area contributed by atoms with Gasteiger partial charge in [-0.05, 0) is 35.7 Å². The van der Waals surface area contributed by atoms with Crippen LogP contribution in [0, 0.1) is 6.92 Å². The summed E-state index contributed by atoms with van der Waals surface area (Å²) in [5, 5.41) is 15.6. The lowest BCUT2D eigenvalue weighted by Crippen LogP contribution is -2.49. The van der Waals surface area contributed by atoms with E-state index in [2.05, 4.69) is 92.7 Å². The predicted octanol–water partition coefficient (Wildman–Crippen LogP) is 5.31. The Hall–Kier alpha value is -3.72. The molecule has 5 aromatic rings. The monoisotopic (exact) mass is 525 g/mol. The van der Waals surface area contributed by atoms with Crippen LogP contribution < -0.4 is 4.74 Å². The van der Waals surface area contributed by atoms with Gasteiger partial charge in [0.15, 0.2) is 0 Å². The van der Waals surface area contributed by atoms with Crippen LogP contribution in [-0.2, 0) is 0 Å². The largest absolute Gasteiger partial charge is 0.497 e. The van der Waals surface area contributed by atoms with Gasteiger partial charge < -0.3 is 9.84 Å². The molecule has 0 saturated carbocycles. The van der Waals surface area contributed by atoms with E-state index in [1.165, 1.54) is 22.5 Å². The molecule has 1 aliphatic rings. The Morgan fingerprint density at radius 3 is 1.95 bits per heavy atom. The smallest absolute Gasteiger partial charge is 0.230 e. The molecular weight excluding hydrogens is 494 g/mol. The van der Waals surface area contributed by atoms with E-state index in [0.717, 1.165) is 42.4 Å². The molecule has 8 heteroatoms. The van der Waals surface area contributed by atoms with Crippen molar-refractivity contribution in [3.8, 4) is 11.6 Å². The lowest BCUT2D eigenvalue weighted by Gasteiger charge is -2.42. The molecule has 3 heterocycles. The molecule has 0 amide bonds. The van der Waals surface area contributed by atoms with E-state index >= 15 is 0 Å². The predicted molar refractivity (Wildman–Crippen MR) is 150 cm³/mol. The lowest BCUT2D eigenvalue weighted by atomic mass is 9.96. The molecule has 2 aromatic heterocycles. The highest BCUT2D eigenvalue weighted by molar-refractivity contribution is 7.17. The van der Waals surface area contributed by atoms with E-state index in [0.29, 0.717) is 10.8 Å². The molecule has 0 bridgehead atoms. The van der Waals surface area contributed by atoms with Crippen molar-refractivity contribution in [2.24, 2.45) is 0 Å². The number of aromatic nitrogens is 3. The van der Waals surface area contributed by atoms with Crippen molar-refractivity contribution >= 4 is 16.3 Å². The normalized spacial score (nSPS) is 15.8. The number of nitrogens with zero attached hydrogens (tertiary/aromatic N) is 5. The second-order valence-corrected chi connectivity index (χ2v) is 10.6. The van der Waals surface area contributed by atoms with E-state index in [-0.39, 0.29) is 18.0 Å². The van der Waals surface area contributed by atoms with E-state index in [4.69, 9.17) is 4.74 Å². The maximum Gasteiger partial charge on any atom is 0.230 e. The van der Waals surface area contributed by atoms with Crippen molar-refractivity contribution in [1.82, 2.24) is 24.4 Å². The molecular formula is C30H31N5O2S. The maximum atomic E-state index is 11.2. The van der Waals surface area contributed by atoms with Gasteiger partial charge in [-0.1, -0.05) is 84.1 Å². The summed E-state index contributed by atoms with van der Waals surface area (Å²) in [6.07, 6.45) is 0. The third-order valence-electron chi connectivity index (χ3n) is 7.27. The Bertz CT molecular complexity index is 1470. The zero-order chi connectivity index (χ0) is 26.1. The van der Waals surface area contributed by atoms with E-state index in [9.17, 15) is 5.11 Å². The molecule has 1 saturated heterocycles. The third-order valence-corrected chi connectivity index (χ3v) is 8.35. The Kier molecular flexibility index (Phi) is 6.84. The molecule has 0 spiro atoms. The van der Waals surface area contributed by atoms with Crippen LogP contribution in [0.25, 0.3) is 4.96 Å². The van der Waals surface area contributed by atoms with Crippen molar-refractivity contribution in [1.29, 1.82) is 0 Å². The van der Waals surface area contributed by atoms with Gasteiger partial charge >= 0.3 is 0 Å². The average molecular weight is 526 g/mol. The number of aromatic hydroxyl groups is 1. The first-order valence-corrected chi connectivity index (χ1v) is 13.7. The van der Waals surface area contributed by atoms with Gasteiger partial charge in [0, 0.05) is 26.2 Å². The molecule has 1 aliphatic heterocycles. The third kappa shape index (κ3) is 4.67. The Balaban J connectivity index is 1.33. The summed E-state index contributed by atoms with van der Waals surface area (Å²) in [5.41, 5.74) is 3.68. The highest BCUT2D eigenvalue weighted by Crippen LogP contribution is 2.41. The molecule has 194 valence electrons. The van der Waals surface area contributed by atoms with E-state index in [1.54, 1.807) is 11.6 Å². The van der Waals surface area contributed by atoms with Gasteiger partial charge in [0.2, 0.25) is 10.8 Å². The standard InChI is InChI=1S/C30H31N5O2S/c1-21-31-30-35(32-21)29(36)28(38-30)27(24-14-9-15-25(20-24)37-2)34-18-16-33(17-19-34)26(22-10-5-3-6-11-22)23-12-7-4-8-13-23/h3-15,20,26-27,36H,16-19H2,1-2H3/t27-/m0/s1. The summed E-state index contributed by atoms with van der Waals surface area (Å²) in [7, 11) is 1.68. The van der Waals surface area contributed by atoms with Crippen LogP contribution in [0.4, 0.5) is 0 Å². The number of ether oxygens (including phenoxy) is 1. The van der Waals surface area contributed by atoms with Gasteiger partial charge in [-0.15, -0.1) is 5.10 Å². The van der Waals surface area contributed by atoms with Crippen LogP contribution in [0.5, 0.6) is 11.6 Å². The van der Waals surface area contributed by atoms with Gasteiger partial charge in [0.05, 0.1) is 24.1 Å². The van der Waals surface area contributed by atoms with Gasteiger partial charge in [0.25, 0.3) is 0 Å². The van der Waals surface area contributed by atoms with Crippen molar-refractivity contribution in [3.05, 3.63) is 112 Å². The number of benzene rings is 3. The molecule has 1 atom stereocenters. The van der Waals surface area contributed by atoms with Gasteiger partial charge in [0.1, 0.15) is 11.6 Å². The molecule has 6 rings (SSSR count). The van der Waals surface area contributed by atoms with Gasteiger partial charge in [-0.3, -0.25) is 9.80 Å². The summed E-state index contributed by atoms with van der Waals surface area (Å²) in [6.45, 7) is 5.34. The SMILES string of the molecule is COc1cccc([C@@H](c2sc3nc(C)nn3c2O)N2CCN(C(c3ccccc3)c3ccccc3)CC2)c1. The Morgan fingerprint density at radius 1 is 0.789 bits per heavy atom. The van der Waals surface area contributed by atoms with Crippen LogP contribution in [0.3, 0.4) is 0 Å². The number of aryl methyl sites for hydroxylation is 1. The fourth-order valence-electron chi connectivity index (χ4n) is 5.50. The average Bonchev–Trinajstić information content (AvgIpc) is 3.47. The maximum absolute atomic E-state index is 11.2. The summed E-state index contributed by atoms with van der Waals surface area (Å²) < 4.78 is 7.10. The number of rotatable bonds is 7. The lowest BCUT2D eigenvalue weighted by molar-refractivity contribution is 0.0899.